The second-order valence-corrected chi connectivity index (χ2v) is 8.32. The zero-order valence-electron chi connectivity index (χ0n) is 15.4. The highest BCUT2D eigenvalue weighted by atomic mass is 35.5. The molecule has 1 atom stereocenters. The van der Waals surface area contributed by atoms with Crippen molar-refractivity contribution in [3.8, 4) is 0 Å². The largest absolute Gasteiger partial charge is 0.299 e. The van der Waals surface area contributed by atoms with Crippen LogP contribution in [-0.4, -0.2) is 41.0 Å². The van der Waals surface area contributed by atoms with Gasteiger partial charge in [-0.15, -0.1) is 0 Å². The molecule has 4 rings (SSSR count). The Balaban J connectivity index is 1.23. The molecule has 3 nitrogen and oxygen atoms in total. The minimum atomic E-state index is 0.825. The van der Waals surface area contributed by atoms with E-state index in [-0.39, 0.29) is 0 Å². The molecule has 1 aromatic carbocycles. The summed E-state index contributed by atoms with van der Waals surface area (Å²) in [7, 11) is 0. The molecule has 2 aromatic rings. The molecule has 0 aliphatic carbocycles. The summed E-state index contributed by atoms with van der Waals surface area (Å²) in [5, 5.41) is 0.825. The Hall–Kier alpha value is -1.42. The third kappa shape index (κ3) is 4.64. The fourth-order valence-electron chi connectivity index (χ4n) is 4.57. The highest BCUT2D eigenvalue weighted by Gasteiger charge is 2.31. The van der Waals surface area contributed by atoms with E-state index in [1.165, 1.54) is 56.6 Å². The maximum atomic E-state index is 5.99. The normalized spacial score (nSPS) is 22.7. The van der Waals surface area contributed by atoms with Crippen LogP contribution in [0, 0.1) is 11.8 Å². The van der Waals surface area contributed by atoms with Crippen molar-refractivity contribution in [2.45, 2.75) is 32.4 Å². The molecule has 1 aromatic heterocycles. The van der Waals surface area contributed by atoms with Gasteiger partial charge in [0.25, 0.3) is 0 Å². The standard InChI is InChI=1S/C22H28ClN3/c23-22-5-3-18(4-6-22)15-26-13-9-21(17-26)20-7-11-25(12-8-20)16-19-2-1-10-24-14-19/h1-6,10,14,20-21H,7-9,11-13,15-17H2/t21-/m0/s1. The second kappa shape index (κ2) is 8.51. The Kier molecular flexibility index (Phi) is 5.88. The highest BCUT2D eigenvalue weighted by Crippen LogP contribution is 2.32. The minimum Gasteiger partial charge on any atom is -0.299 e. The van der Waals surface area contributed by atoms with Gasteiger partial charge >= 0.3 is 0 Å². The van der Waals surface area contributed by atoms with Gasteiger partial charge in [0, 0.05) is 37.1 Å². The number of rotatable bonds is 5. The van der Waals surface area contributed by atoms with Crippen LogP contribution >= 0.6 is 11.6 Å². The van der Waals surface area contributed by atoms with E-state index in [9.17, 15) is 0 Å². The first-order valence-electron chi connectivity index (χ1n) is 9.84. The highest BCUT2D eigenvalue weighted by molar-refractivity contribution is 6.30. The number of nitrogens with zero attached hydrogens (tertiary/aromatic N) is 3. The molecule has 3 heterocycles. The van der Waals surface area contributed by atoms with Gasteiger partial charge in [0.05, 0.1) is 0 Å². The predicted molar refractivity (Wildman–Crippen MR) is 107 cm³/mol. The van der Waals surface area contributed by atoms with E-state index in [1.54, 1.807) is 0 Å². The Morgan fingerprint density at radius 1 is 0.846 bits per heavy atom. The Morgan fingerprint density at radius 2 is 1.54 bits per heavy atom. The summed E-state index contributed by atoms with van der Waals surface area (Å²) in [5.41, 5.74) is 2.71. The van der Waals surface area contributed by atoms with E-state index >= 15 is 0 Å². The van der Waals surface area contributed by atoms with Crippen LogP contribution in [0.1, 0.15) is 30.4 Å². The molecule has 4 heteroatoms. The van der Waals surface area contributed by atoms with Crippen molar-refractivity contribution in [2.75, 3.05) is 26.2 Å². The Labute approximate surface area is 162 Å². The molecular weight excluding hydrogens is 342 g/mol. The van der Waals surface area contributed by atoms with Crippen molar-refractivity contribution in [1.82, 2.24) is 14.8 Å². The molecule has 2 fully saturated rings. The summed E-state index contributed by atoms with van der Waals surface area (Å²) in [5.74, 6) is 1.78. The van der Waals surface area contributed by atoms with Crippen LogP contribution < -0.4 is 0 Å². The molecule has 138 valence electrons. The Morgan fingerprint density at radius 3 is 2.27 bits per heavy atom. The van der Waals surface area contributed by atoms with Crippen LogP contribution in [0.4, 0.5) is 0 Å². The summed E-state index contributed by atoms with van der Waals surface area (Å²) in [4.78, 5) is 9.45. The third-order valence-electron chi connectivity index (χ3n) is 6.06. The van der Waals surface area contributed by atoms with Crippen molar-refractivity contribution >= 4 is 11.6 Å². The van der Waals surface area contributed by atoms with Gasteiger partial charge in [-0.1, -0.05) is 29.8 Å². The van der Waals surface area contributed by atoms with Gasteiger partial charge < -0.3 is 0 Å². The summed E-state index contributed by atoms with van der Waals surface area (Å²) in [6.45, 7) is 7.07. The number of hydrogen-bond donors (Lipinski definition) is 0. The number of likely N-dealkylation sites (tertiary alicyclic amines) is 2. The quantitative estimate of drug-likeness (QED) is 0.775. The van der Waals surface area contributed by atoms with Crippen LogP contribution in [0.3, 0.4) is 0 Å². The summed E-state index contributed by atoms with van der Waals surface area (Å²) in [6.07, 6.45) is 7.91. The van der Waals surface area contributed by atoms with E-state index in [0.29, 0.717) is 0 Å². The number of hydrogen-bond acceptors (Lipinski definition) is 3. The lowest BCUT2D eigenvalue weighted by Gasteiger charge is -2.35. The third-order valence-corrected chi connectivity index (χ3v) is 6.31. The molecule has 0 bridgehead atoms. The number of piperidine rings is 1. The van der Waals surface area contributed by atoms with Gasteiger partial charge in [-0.2, -0.15) is 0 Å². The summed E-state index contributed by atoms with van der Waals surface area (Å²) < 4.78 is 0. The van der Waals surface area contributed by atoms with Crippen molar-refractivity contribution in [3.63, 3.8) is 0 Å². The predicted octanol–water partition coefficient (Wildman–Crippen LogP) is 4.47. The van der Waals surface area contributed by atoms with Crippen LogP contribution in [0.5, 0.6) is 0 Å². The van der Waals surface area contributed by atoms with E-state index in [2.05, 4.69) is 33.0 Å². The maximum Gasteiger partial charge on any atom is 0.0406 e. The van der Waals surface area contributed by atoms with Gasteiger partial charge in [-0.25, -0.2) is 0 Å². The molecule has 0 saturated carbocycles. The topological polar surface area (TPSA) is 19.4 Å². The first kappa shape index (κ1) is 18.0. The zero-order valence-corrected chi connectivity index (χ0v) is 16.1. The smallest absolute Gasteiger partial charge is 0.0406 e. The van der Waals surface area contributed by atoms with E-state index < -0.39 is 0 Å². The van der Waals surface area contributed by atoms with Crippen molar-refractivity contribution in [1.29, 1.82) is 0 Å². The molecular formula is C22H28ClN3. The summed E-state index contributed by atoms with van der Waals surface area (Å²) >= 11 is 5.99. The van der Waals surface area contributed by atoms with Crippen LogP contribution in [0.25, 0.3) is 0 Å². The molecule has 0 spiro atoms. The molecule has 2 saturated heterocycles. The van der Waals surface area contributed by atoms with E-state index in [4.69, 9.17) is 11.6 Å². The number of benzene rings is 1. The second-order valence-electron chi connectivity index (χ2n) is 7.89. The van der Waals surface area contributed by atoms with Crippen molar-refractivity contribution in [3.05, 3.63) is 64.9 Å². The van der Waals surface area contributed by atoms with Gasteiger partial charge in [-0.05, 0) is 80.1 Å². The van der Waals surface area contributed by atoms with Gasteiger partial charge in [0.2, 0.25) is 0 Å². The first-order chi connectivity index (χ1) is 12.8. The lowest BCUT2D eigenvalue weighted by molar-refractivity contribution is 0.141. The number of aromatic nitrogens is 1. The molecule has 26 heavy (non-hydrogen) atoms. The van der Waals surface area contributed by atoms with Crippen molar-refractivity contribution in [2.24, 2.45) is 11.8 Å². The average Bonchev–Trinajstić information content (AvgIpc) is 3.14. The first-order valence-corrected chi connectivity index (χ1v) is 10.2. The Bertz CT molecular complexity index is 680. The fourth-order valence-corrected chi connectivity index (χ4v) is 4.70. The number of halogens is 1. The molecule has 2 aliphatic rings. The van der Waals surface area contributed by atoms with Crippen LogP contribution in [0.15, 0.2) is 48.8 Å². The number of pyridine rings is 1. The maximum absolute atomic E-state index is 5.99. The molecule has 2 aliphatic heterocycles. The fraction of sp³-hybridized carbons (Fsp3) is 0.500. The molecule has 0 unspecified atom stereocenters. The summed E-state index contributed by atoms with van der Waals surface area (Å²) in [6, 6.07) is 12.5. The van der Waals surface area contributed by atoms with E-state index in [0.717, 1.165) is 29.9 Å². The van der Waals surface area contributed by atoms with Crippen LogP contribution in [0.2, 0.25) is 5.02 Å². The van der Waals surface area contributed by atoms with Crippen molar-refractivity contribution < 1.29 is 0 Å². The minimum absolute atomic E-state index is 0.825. The SMILES string of the molecule is Clc1ccc(CN2CC[C@H](C3CCN(Cc4cccnc4)CC3)C2)cc1. The zero-order chi connectivity index (χ0) is 17.8. The van der Waals surface area contributed by atoms with Crippen LogP contribution in [-0.2, 0) is 13.1 Å². The molecule has 0 amide bonds. The average molecular weight is 370 g/mol. The van der Waals surface area contributed by atoms with Gasteiger partial charge in [0.1, 0.15) is 0 Å². The molecule has 0 N–H and O–H groups in total. The lowest BCUT2D eigenvalue weighted by Crippen LogP contribution is -2.36. The monoisotopic (exact) mass is 369 g/mol. The van der Waals surface area contributed by atoms with E-state index in [1.807, 2.05) is 30.6 Å². The van der Waals surface area contributed by atoms with Gasteiger partial charge in [0.15, 0.2) is 0 Å². The van der Waals surface area contributed by atoms with Gasteiger partial charge in [-0.3, -0.25) is 14.8 Å². The molecule has 0 radical (unpaired) electrons. The lowest BCUT2D eigenvalue weighted by atomic mass is 9.83.